The second-order valence-corrected chi connectivity index (χ2v) is 6.03. The maximum atomic E-state index is 12.3. The predicted octanol–water partition coefficient (Wildman–Crippen LogP) is 2.38. The third-order valence-electron chi connectivity index (χ3n) is 3.62. The van der Waals surface area contributed by atoms with Gasteiger partial charge >= 0.3 is 12.0 Å². The number of carbonyl (C=O) groups is 2. The Morgan fingerprint density at radius 2 is 2.14 bits per heavy atom. The summed E-state index contributed by atoms with van der Waals surface area (Å²) >= 11 is 3.25. The van der Waals surface area contributed by atoms with Gasteiger partial charge in [0, 0.05) is 17.6 Å². The summed E-state index contributed by atoms with van der Waals surface area (Å²) in [5, 5.41) is 21.5. The van der Waals surface area contributed by atoms with Gasteiger partial charge in [0.2, 0.25) is 0 Å². The monoisotopic (exact) mass is 356 g/mol. The van der Waals surface area contributed by atoms with Crippen molar-refractivity contribution in [2.24, 2.45) is 5.92 Å². The molecule has 0 radical (unpaired) electrons. The number of carbonyl (C=O) groups excluding carboxylic acids is 1. The molecular weight excluding hydrogens is 340 g/mol. The van der Waals surface area contributed by atoms with Crippen molar-refractivity contribution in [3.8, 4) is 0 Å². The van der Waals surface area contributed by atoms with Crippen LogP contribution in [0.5, 0.6) is 0 Å². The van der Waals surface area contributed by atoms with Crippen LogP contribution in [0.4, 0.5) is 10.5 Å². The molecule has 1 aromatic carbocycles. The molecule has 1 saturated heterocycles. The summed E-state index contributed by atoms with van der Waals surface area (Å²) in [6, 6.07) is 4.35. The summed E-state index contributed by atoms with van der Waals surface area (Å²) < 4.78 is 0.515. The van der Waals surface area contributed by atoms with Crippen LogP contribution in [-0.2, 0) is 0 Å². The number of rotatable bonds is 2. The summed E-state index contributed by atoms with van der Waals surface area (Å²) in [7, 11) is 0. The molecule has 1 aliphatic rings. The first-order valence-corrected chi connectivity index (χ1v) is 7.45. The topological polar surface area (TPSA) is 89.9 Å². The largest absolute Gasteiger partial charge is 0.478 e. The lowest BCUT2D eigenvalue weighted by Gasteiger charge is -2.34. The molecule has 6 nitrogen and oxygen atoms in total. The average Bonchev–Trinajstić information content (AvgIpc) is 2.43. The van der Waals surface area contributed by atoms with Crippen molar-refractivity contribution in [2.45, 2.75) is 19.4 Å². The summed E-state index contributed by atoms with van der Waals surface area (Å²) in [6.45, 7) is 2.77. The van der Waals surface area contributed by atoms with Gasteiger partial charge < -0.3 is 20.4 Å². The molecule has 3 N–H and O–H groups in total. The van der Waals surface area contributed by atoms with E-state index in [1.807, 2.05) is 6.92 Å². The number of likely N-dealkylation sites (tertiary alicyclic amines) is 1. The third kappa shape index (κ3) is 3.54. The number of benzene rings is 1. The summed E-state index contributed by atoms with van der Waals surface area (Å²) in [5.74, 6) is -1.10. The molecule has 2 atom stereocenters. The molecule has 7 heteroatoms. The fourth-order valence-electron chi connectivity index (χ4n) is 2.33. The Balaban J connectivity index is 2.15. The number of aliphatic hydroxyl groups is 1. The molecule has 2 rings (SSSR count). The van der Waals surface area contributed by atoms with Crippen LogP contribution in [0, 0.1) is 5.92 Å². The molecule has 0 spiro atoms. The molecule has 21 heavy (non-hydrogen) atoms. The average molecular weight is 357 g/mol. The maximum Gasteiger partial charge on any atom is 0.337 e. The Morgan fingerprint density at radius 3 is 2.76 bits per heavy atom. The summed E-state index contributed by atoms with van der Waals surface area (Å²) in [5.41, 5.74) is 0.275. The van der Waals surface area contributed by atoms with Crippen LogP contribution < -0.4 is 5.32 Å². The number of amides is 2. The first-order valence-electron chi connectivity index (χ1n) is 6.66. The van der Waals surface area contributed by atoms with Crippen molar-refractivity contribution in [3.05, 3.63) is 28.2 Å². The number of nitrogens with zero attached hydrogens (tertiary/aromatic N) is 1. The molecule has 2 amide bonds. The minimum absolute atomic E-state index is 0.00246. The number of hydrogen-bond donors (Lipinski definition) is 3. The molecule has 1 fully saturated rings. The molecule has 0 saturated carbocycles. The molecule has 114 valence electrons. The van der Waals surface area contributed by atoms with E-state index in [2.05, 4.69) is 21.2 Å². The number of aliphatic hydroxyl groups excluding tert-OH is 1. The van der Waals surface area contributed by atoms with Gasteiger partial charge in [-0.1, -0.05) is 13.0 Å². The van der Waals surface area contributed by atoms with E-state index in [0.717, 1.165) is 0 Å². The van der Waals surface area contributed by atoms with E-state index in [1.54, 1.807) is 17.0 Å². The lowest BCUT2D eigenvalue weighted by molar-refractivity contribution is 0.0506. The van der Waals surface area contributed by atoms with Gasteiger partial charge in [-0.2, -0.15) is 0 Å². The van der Waals surface area contributed by atoms with E-state index in [0.29, 0.717) is 24.0 Å². The minimum Gasteiger partial charge on any atom is -0.478 e. The van der Waals surface area contributed by atoms with Crippen molar-refractivity contribution in [1.29, 1.82) is 0 Å². The van der Waals surface area contributed by atoms with Crippen molar-refractivity contribution < 1.29 is 19.8 Å². The zero-order valence-corrected chi connectivity index (χ0v) is 13.1. The van der Waals surface area contributed by atoms with Gasteiger partial charge in [-0.3, -0.25) is 0 Å². The van der Waals surface area contributed by atoms with Gasteiger partial charge in [0.25, 0.3) is 0 Å². The van der Waals surface area contributed by atoms with Crippen LogP contribution in [-0.4, -0.2) is 46.3 Å². The number of piperidine rings is 1. The van der Waals surface area contributed by atoms with Gasteiger partial charge in [0.05, 0.1) is 17.4 Å². The van der Waals surface area contributed by atoms with Crippen LogP contribution in [0.15, 0.2) is 22.7 Å². The Morgan fingerprint density at radius 1 is 1.43 bits per heavy atom. The van der Waals surface area contributed by atoms with E-state index >= 15 is 0 Å². The molecule has 1 heterocycles. The maximum absolute atomic E-state index is 12.3. The molecule has 0 aliphatic carbocycles. The number of para-hydroxylation sites is 1. The quantitative estimate of drug-likeness (QED) is 0.758. The number of urea groups is 1. The Hall–Kier alpha value is -1.60. The van der Waals surface area contributed by atoms with Crippen molar-refractivity contribution in [1.82, 2.24) is 4.90 Å². The van der Waals surface area contributed by atoms with E-state index in [9.17, 15) is 19.8 Å². The SMILES string of the molecule is CC1CN(C(=O)Nc2c(Br)cccc2C(=O)O)CCC1O. The lowest BCUT2D eigenvalue weighted by Crippen LogP contribution is -2.46. The first kappa shape index (κ1) is 15.8. The minimum atomic E-state index is -1.10. The number of anilines is 1. The van der Waals surface area contributed by atoms with Crippen LogP contribution in [0.2, 0.25) is 0 Å². The van der Waals surface area contributed by atoms with Gasteiger partial charge in [0.15, 0.2) is 0 Å². The normalized spacial score (nSPS) is 22.0. The Bertz CT molecular complexity index is 564. The van der Waals surface area contributed by atoms with E-state index in [4.69, 9.17) is 0 Å². The highest BCUT2D eigenvalue weighted by atomic mass is 79.9. The van der Waals surface area contributed by atoms with E-state index < -0.39 is 12.1 Å². The highest BCUT2D eigenvalue weighted by Crippen LogP contribution is 2.27. The van der Waals surface area contributed by atoms with Crippen molar-refractivity contribution in [2.75, 3.05) is 18.4 Å². The first-order chi connectivity index (χ1) is 9.90. The van der Waals surface area contributed by atoms with Crippen LogP contribution in [0.3, 0.4) is 0 Å². The molecule has 1 aliphatic heterocycles. The number of carboxylic acids is 1. The van der Waals surface area contributed by atoms with Crippen LogP contribution in [0.25, 0.3) is 0 Å². The summed E-state index contributed by atoms with van der Waals surface area (Å²) in [6.07, 6.45) is 0.128. The smallest absolute Gasteiger partial charge is 0.337 e. The van der Waals surface area contributed by atoms with Gasteiger partial charge in [-0.25, -0.2) is 9.59 Å². The van der Waals surface area contributed by atoms with E-state index in [1.165, 1.54) is 6.07 Å². The van der Waals surface area contributed by atoms with E-state index in [-0.39, 0.29) is 23.2 Å². The number of halogens is 1. The number of aromatic carboxylic acids is 1. The molecule has 0 bridgehead atoms. The molecule has 2 unspecified atom stereocenters. The zero-order valence-electron chi connectivity index (χ0n) is 11.5. The third-order valence-corrected chi connectivity index (χ3v) is 4.28. The van der Waals surface area contributed by atoms with Crippen molar-refractivity contribution >= 4 is 33.6 Å². The number of hydrogen-bond acceptors (Lipinski definition) is 3. The summed E-state index contributed by atoms with van der Waals surface area (Å²) in [4.78, 5) is 25.1. The Labute approximate surface area is 130 Å². The van der Waals surface area contributed by atoms with Crippen molar-refractivity contribution in [3.63, 3.8) is 0 Å². The molecule has 0 aromatic heterocycles. The number of nitrogens with one attached hydrogen (secondary N) is 1. The lowest BCUT2D eigenvalue weighted by atomic mass is 9.97. The van der Waals surface area contributed by atoms with Gasteiger partial charge in [-0.05, 0) is 40.4 Å². The van der Waals surface area contributed by atoms with Gasteiger partial charge in [-0.15, -0.1) is 0 Å². The highest BCUT2D eigenvalue weighted by molar-refractivity contribution is 9.10. The fraction of sp³-hybridized carbons (Fsp3) is 0.429. The number of carboxylic acid groups (broad SMARTS) is 1. The molecular formula is C14H17BrN2O4. The fourth-order valence-corrected chi connectivity index (χ4v) is 2.80. The Kier molecular flexibility index (Phi) is 4.84. The second kappa shape index (κ2) is 6.44. The predicted molar refractivity (Wildman–Crippen MR) is 81.5 cm³/mol. The standard InChI is InChI=1S/C14H17BrN2O4/c1-8-7-17(6-5-11(8)18)14(21)16-12-9(13(19)20)3-2-4-10(12)15/h2-4,8,11,18H,5-7H2,1H3,(H,16,21)(H,19,20). The molecule has 1 aromatic rings. The van der Waals surface area contributed by atoms with Crippen LogP contribution in [0.1, 0.15) is 23.7 Å². The highest BCUT2D eigenvalue weighted by Gasteiger charge is 2.28. The zero-order chi connectivity index (χ0) is 15.6. The van der Waals surface area contributed by atoms with Crippen LogP contribution >= 0.6 is 15.9 Å². The van der Waals surface area contributed by atoms with Gasteiger partial charge in [0.1, 0.15) is 0 Å². The second-order valence-electron chi connectivity index (χ2n) is 5.18.